The molecular weight excluding hydrogens is 376 g/mol. The Morgan fingerprint density at radius 1 is 0.400 bits per heavy atom. The Kier molecular flexibility index (Phi) is 5.57. The number of azo groups is 1. The van der Waals surface area contributed by atoms with Gasteiger partial charge in [0.2, 0.25) is 0 Å². The molecule has 30 heavy (non-hydrogen) atoms. The number of anilines is 2. The van der Waals surface area contributed by atoms with Gasteiger partial charge in [0.25, 0.3) is 0 Å². The lowest BCUT2D eigenvalue weighted by atomic mass is 10.3. The summed E-state index contributed by atoms with van der Waals surface area (Å²) in [5, 5.41) is 8.52. The summed E-state index contributed by atoms with van der Waals surface area (Å²) in [5.41, 5.74) is 14.2. The number of nitrogens with zero attached hydrogens (tertiary/aromatic N) is 2. The Labute approximate surface area is 174 Å². The first-order chi connectivity index (χ1) is 14.6. The molecule has 0 spiro atoms. The van der Waals surface area contributed by atoms with Crippen LogP contribution in [0.2, 0.25) is 0 Å². The van der Waals surface area contributed by atoms with Gasteiger partial charge >= 0.3 is 0 Å². The summed E-state index contributed by atoms with van der Waals surface area (Å²) in [4.78, 5) is 0. The number of ether oxygens (including phenoxy) is 2. The van der Waals surface area contributed by atoms with Crippen LogP contribution in [0.4, 0.5) is 22.7 Å². The van der Waals surface area contributed by atoms with E-state index in [0.717, 1.165) is 22.9 Å². The molecule has 4 N–H and O–H groups in total. The lowest BCUT2D eigenvalue weighted by Crippen LogP contribution is -1.86. The predicted molar refractivity (Wildman–Crippen MR) is 119 cm³/mol. The van der Waals surface area contributed by atoms with Crippen molar-refractivity contribution < 1.29 is 9.47 Å². The van der Waals surface area contributed by atoms with Crippen LogP contribution in [0, 0.1) is 0 Å². The van der Waals surface area contributed by atoms with Crippen LogP contribution in [0.5, 0.6) is 23.0 Å². The molecule has 4 rings (SSSR count). The SMILES string of the molecule is Nc1ccc(Oc2ccc(/N=N/c3ccc(Oc4ccc(N)cc4)cc3)cc2)cc1. The Balaban J connectivity index is 1.36. The lowest BCUT2D eigenvalue weighted by Gasteiger charge is -2.06. The van der Waals surface area contributed by atoms with Gasteiger partial charge in [-0.3, -0.25) is 0 Å². The topological polar surface area (TPSA) is 95.2 Å². The van der Waals surface area contributed by atoms with E-state index in [2.05, 4.69) is 10.2 Å². The van der Waals surface area contributed by atoms with Crippen molar-refractivity contribution in [2.24, 2.45) is 10.2 Å². The smallest absolute Gasteiger partial charge is 0.127 e. The number of hydrogen-bond acceptors (Lipinski definition) is 6. The van der Waals surface area contributed by atoms with E-state index in [9.17, 15) is 0 Å². The number of nitrogen functional groups attached to an aromatic ring is 2. The van der Waals surface area contributed by atoms with E-state index in [-0.39, 0.29) is 0 Å². The largest absolute Gasteiger partial charge is 0.457 e. The molecule has 0 amide bonds. The quantitative estimate of drug-likeness (QED) is 0.275. The van der Waals surface area contributed by atoms with E-state index in [4.69, 9.17) is 20.9 Å². The van der Waals surface area contributed by atoms with Crippen molar-refractivity contribution in [2.75, 3.05) is 11.5 Å². The van der Waals surface area contributed by atoms with Crippen LogP contribution >= 0.6 is 0 Å². The van der Waals surface area contributed by atoms with Gasteiger partial charge in [-0.15, -0.1) is 0 Å². The fourth-order valence-electron chi connectivity index (χ4n) is 2.62. The minimum atomic E-state index is 0.697. The third-order valence-electron chi connectivity index (χ3n) is 4.19. The van der Waals surface area contributed by atoms with Crippen LogP contribution < -0.4 is 20.9 Å². The maximum absolute atomic E-state index is 5.77. The van der Waals surface area contributed by atoms with E-state index in [1.807, 2.05) is 72.8 Å². The second-order valence-corrected chi connectivity index (χ2v) is 6.53. The zero-order valence-corrected chi connectivity index (χ0v) is 16.1. The average Bonchev–Trinajstić information content (AvgIpc) is 2.77. The molecule has 4 aromatic carbocycles. The summed E-state index contributed by atoms with van der Waals surface area (Å²) in [6.45, 7) is 0. The fraction of sp³-hybridized carbons (Fsp3) is 0. The molecule has 0 unspecified atom stereocenters. The van der Waals surface area contributed by atoms with Gasteiger partial charge < -0.3 is 20.9 Å². The number of hydrogen-bond donors (Lipinski definition) is 2. The van der Waals surface area contributed by atoms with Crippen LogP contribution in [0.25, 0.3) is 0 Å². The summed E-state index contributed by atoms with van der Waals surface area (Å²) in [7, 11) is 0. The highest BCUT2D eigenvalue weighted by molar-refractivity contribution is 5.47. The van der Waals surface area contributed by atoms with Gasteiger partial charge in [0.15, 0.2) is 0 Å². The first-order valence-electron chi connectivity index (χ1n) is 9.33. The third-order valence-corrected chi connectivity index (χ3v) is 4.19. The van der Waals surface area contributed by atoms with Gasteiger partial charge in [0.1, 0.15) is 23.0 Å². The second kappa shape index (κ2) is 8.79. The Hall–Kier alpha value is -4.32. The Morgan fingerprint density at radius 2 is 0.667 bits per heavy atom. The van der Waals surface area contributed by atoms with Crippen LogP contribution in [-0.2, 0) is 0 Å². The zero-order chi connectivity index (χ0) is 20.8. The van der Waals surface area contributed by atoms with Gasteiger partial charge in [-0.2, -0.15) is 10.2 Å². The number of rotatable bonds is 6. The van der Waals surface area contributed by atoms with Gasteiger partial charge in [0.05, 0.1) is 11.4 Å². The van der Waals surface area contributed by atoms with E-state index in [1.54, 1.807) is 24.3 Å². The minimum Gasteiger partial charge on any atom is -0.457 e. The Morgan fingerprint density at radius 3 is 0.967 bits per heavy atom. The maximum atomic E-state index is 5.77. The highest BCUT2D eigenvalue weighted by Crippen LogP contribution is 2.27. The fourth-order valence-corrected chi connectivity index (χ4v) is 2.62. The summed E-state index contributed by atoms with van der Waals surface area (Å²) in [5.74, 6) is 2.87. The predicted octanol–water partition coefficient (Wildman–Crippen LogP) is 6.85. The molecule has 0 saturated carbocycles. The highest BCUT2D eigenvalue weighted by Gasteiger charge is 2.00. The average molecular weight is 396 g/mol. The van der Waals surface area contributed by atoms with Crippen molar-refractivity contribution in [1.82, 2.24) is 0 Å². The van der Waals surface area contributed by atoms with Gasteiger partial charge in [-0.1, -0.05) is 0 Å². The number of nitrogens with two attached hydrogens (primary N) is 2. The van der Waals surface area contributed by atoms with Crippen molar-refractivity contribution in [3.05, 3.63) is 97.1 Å². The van der Waals surface area contributed by atoms with Crippen molar-refractivity contribution in [3.63, 3.8) is 0 Å². The molecule has 0 aromatic heterocycles. The molecule has 6 nitrogen and oxygen atoms in total. The van der Waals surface area contributed by atoms with Crippen LogP contribution in [0.1, 0.15) is 0 Å². The van der Waals surface area contributed by atoms with E-state index in [1.165, 1.54) is 0 Å². The van der Waals surface area contributed by atoms with E-state index < -0.39 is 0 Å². The monoisotopic (exact) mass is 396 g/mol. The van der Waals surface area contributed by atoms with Crippen molar-refractivity contribution >= 4 is 22.7 Å². The molecule has 0 aliphatic heterocycles. The standard InChI is InChI=1S/C24H20N4O2/c25-17-1-9-21(10-2-17)29-23-13-5-19(6-14-23)27-28-20-7-15-24(16-8-20)30-22-11-3-18(26)4-12-22/h1-16H,25-26H2/b28-27+. The maximum Gasteiger partial charge on any atom is 0.127 e. The molecular formula is C24H20N4O2. The molecule has 0 aliphatic carbocycles. The molecule has 148 valence electrons. The number of benzene rings is 4. The molecule has 0 aliphatic rings. The molecule has 0 atom stereocenters. The van der Waals surface area contributed by atoms with Crippen LogP contribution in [0.15, 0.2) is 107 Å². The molecule has 0 fully saturated rings. The van der Waals surface area contributed by atoms with Gasteiger partial charge in [-0.25, -0.2) is 0 Å². The summed E-state index contributed by atoms with van der Waals surface area (Å²) in [6, 6.07) is 29.2. The summed E-state index contributed by atoms with van der Waals surface area (Å²) in [6.07, 6.45) is 0. The molecule has 4 aromatic rings. The van der Waals surface area contributed by atoms with Crippen LogP contribution in [0.3, 0.4) is 0 Å². The molecule has 0 bridgehead atoms. The van der Waals surface area contributed by atoms with E-state index in [0.29, 0.717) is 22.9 Å². The van der Waals surface area contributed by atoms with Gasteiger partial charge in [-0.05, 0) is 97.1 Å². The molecule has 0 saturated heterocycles. The summed E-state index contributed by atoms with van der Waals surface area (Å²) >= 11 is 0. The molecule has 0 radical (unpaired) electrons. The molecule has 0 heterocycles. The van der Waals surface area contributed by atoms with Crippen molar-refractivity contribution in [3.8, 4) is 23.0 Å². The first-order valence-corrected chi connectivity index (χ1v) is 9.33. The van der Waals surface area contributed by atoms with Crippen molar-refractivity contribution in [2.45, 2.75) is 0 Å². The molecule has 6 heteroatoms. The van der Waals surface area contributed by atoms with Gasteiger partial charge in [0, 0.05) is 11.4 Å². The zero-order valence-electron chi connectivity index (χ0n) is 16.1. The highest BCUT2D eigenvalue weighted by atomic mass is 16.5. The minimum absolute atomic E-state index is 0.697. The second-order valence-electron chi connectivity index (χ2n) is 6.53. The third kappa shape index (κ3) is 5.14. The normalized spacial score (nSPS) is 10.8. The lowest BCUT2D eigenvalue weighted by molar-refractivity contribution is 0.482. The van der Waals surface area contributed by atoms with Crippen molar-refractivity contribution in [1.29, 1.82) is 0 Å². The summed E-state index contributed by atoms with van der Waals surface area (Å²) < 4.78 is 11.5. The first kappa shape index (κ1) is 19.0. The van der Waals surface area contributed by atoms with Crippen LogP contribution in [-0.4, -0.2) is 0 Å². The van der Waals surface area contributed by atoms with E-state index >= 15 is 0 Å². The Bertz CT molecular complexity index is 1030.